The molecule has 2 rings (SSSR count). The van der Waals surface area contributed by atoms with Crippen LogP contribution in [0.3, 0.4) is 0 Å². The van der Waals surface area contributed by atoms with Gasteiger partial charge in [0, 0.05) is 24.6 Å². The van der Waals surface area contributed by atoms with Gasteiger partial charge in [-0.2, -0.15) is 0 Å². The summed E-state index contributed by atoms with van der Waals surface area (Å²) in [6, 6.07) is 3.34. The SMILES string of the molecule is CN(C(=O)c1ccc(C=O)cc1C=O)C1CCC(=O)NC1=O. The van der Waals surface area contributed by atoms with Crippen molar-refractivity contribution >= 4 is 30.3 Å². The molecule has 7 heteroatoms. The van der Waals surface area contributed by atoms with Gasteiger partial charge in [0.15, 0.2) is 6.29 Å². The molecule has 0 spiro atoms. The van der Waals surface area contributed by atoms with Crippen LogP contribution in [0.2, 0.25) is 0 Å². The second-order valence-corrected chi connectivity index (χ2v) is 4.97. The number of likely N-dealkylation sites (N-methyl/N-ethyl adjacent to an activating group) is 1. The maximum Gasteiger partial charge on any atom is 0.255 e. The second-order valence-electron chi connectivity index (χ2n) is 4.97. The van der Waals surface area contributed by atoms with Gasteiger partial charge in [0.1, 0.15) is 12.3 Å². The number of amides is 3. The Morgan fingerprint density at radius 2 is 2.00 bits per heavy atom. The van der Waals surface area contributed by atoms with Crippen LogP contribution >= 0.6 is 0 Å². The Morgan fingerprint density at radius 3 is 2.59 bits per heavy atom. The molecule has 114 valence electrons. The molecule has 1 aliphatic heterocycles. The average Bonchev–Trinajstić information content (AvgIpc) is 2.53. The first-order chi connectivity index (χ1) is 10.5. The van der Waals surface area contributed by atoms with E-state index in [1.807, 2.05) is 0 Å². The molecule has 1 heterocycles. The predicted octanol–water partition coefficient (Wildman–Crippen LogP) is 0.189. The van der Waals surface area contributed by atoms with Gasteiger partial charge in [0.25, 0.3) is 5.91 Å². The minimum atomic E-state index is -0.768. The zero-order valence-corrected chi connectivity index (χ0v) is 11.9. The van der Waals surface area contributed by atoms with Gasteiger partial charge in [-0.15, -0.1) is 0 Å². The molecule has 1 aromatic carbocycles. The van der Waals surface area contributed by atoms with Crippen molar-refractivity contribution in [3.8, 4) is 0 Å². The Balaban J connectivity index is 2.27. The van der Waals surface area contributed by atoms with Crippen molar-refractivity contribution in [1.29, 1.82) is 0 Å². The Labute approximate surface area is 126 Å². The van der Waals surface area contributed by atoms with Gasteiger partial charge in [-0.25, -0.2) is 0 Å². The lowest BCUT2D eigenvalue weighted by atomic mass is 10.0. The fourth-order valence-corrected chi connectivity index (χ4v) is 2.33. The topological polar surface area (TPSA) is 101 Å². The van der Waals surface area contributed by atoms with Gasteiger partial charge in [0.2, 0.25) is 11.8 Å². The third-order valence-electron chi connectivity index (χ3n) is 3.57. The van der Waals surface area contributed by atoms with Gasteiger partial charge in [-0.1, -0.05) is 6.07 Å². The summed E-state index contributed by atoms with van der Waals surface area (Å²) in [5, 5.41) is 2.18. The fraction of sp³-hybridized carbons (Fsp3) is 0.267. The third-order valence-corrected chi connectivity index (χ3v) is 3.57. The van der Waals surface area contributed by atoms with E-state index in [9.17, 15) is 24.0 Å². The van der Waals surface area contributed by atoms with Crippen LogP contribution in [0.25, 0.3) is 0 Å². The van der Waals surface area contributed by atoms with Crippen molar-refractivity contribution in [2.24, 2.45) is 0 Å². The van der Waals surface area contributed by atoms with E-state index >= 15 is 0 Å². The molecule has 0 saturated carbocycles. The molecule has 1 N–H and O–H groups in total. The monoisotopic (exact) mass is 302 g/mol. The molecular weight excluding hydrogens is 288 g/mol. The van der Waals surface area contributed by atoms with Crippen molar-refractivity contribution in [2.45, 2.75) is 18.9 Å². The lowest BCUT2D eigenvalue weighted by Crippen LogP contribution is -2.53. The van der Waals surface area contributed by atoms with Gasteiger partial charge in [0.05, 0.1) is 5.56 Å². The van der Waals surface area contributed by atoms with Crippen molar-refractivity contribution < 1.29 is 24.0 Å². The lowest BCUT2D eigenvalue weighted by molar-refractivity contribution is -0.136. The minimum Gasteiger partial charge on any atom is -0.330 e. The number of carbonyl (C=O) groups is 5. The van der Waals surface area contributed by atoms with E-state index < -0.39 is 17.9 Å². The number of carbonyl (C=O) groups excluding carboxylic acids is 5. The first-order valence-electron chi connectivity index (χ1n) is 6.63. The van der Waals surface area contributed by atoms with E-state index in [0.29, 0.717) is 12.6 Å². The molecule has 1 saturated heterocycles. The molecule has 22 heavy (non-hydrogen) atoms. The van der Waals surface area contributed by atoms with E-state index in [-0.39, 0.29) is 35.4 Å². The van der Waals surface area contributed by atoms with E-state index in [0.717, 1.165) is 0 Å². The average molecular weight is 302 g/mol. The predicted molar refractivity (Wildman–Crippen MR) is 75.5 cm³/mol. The molecule has 1 atom stereocenters. The van der Waals surface area contributed by atoms with Gasteiger partial charge in [-0.3, -0.25) is 29.3 Å². The van der Waals surface area contributed by atoms with Crippen LogP contribution in [0.15, 0.2) is 18.2 Å². The molecule has 0 aliphatic carbocycles. The molecule has 0 bridgehead atoms. The molecule has 1 aliphatic rings. The summed E-state index contributed by atoms with van der Waals surface area (Å²) in [6.45, 7) is 0. The van der Waals surface area contributed by atoms with Crippen LogP contribution in [0.5, 0.6) is 0 Å². The first kappa shape index (κ1) is 15.6. The van der Waals surface area contributed by atoms with E-state index in [2.05, 4.69) is 5.32 Å². The van der Waals surface area contributed by atoms with Gasteiger partial charge >= 0.3 is 0 Å². The van der Waals surface area contributed by atoms with Crippen LogP contribution in [-0.4, -0.2) is 48.3 Å². The highest BCUT2D eigenvalue weighted by Crippen LogP contribution is 2.17. The van der Waals surface area contributed by atoms with Crippen molar-refractivity contribution in [2.75, 3.05) is 7.05 Å². The largest absolute Gasteiger partial charge is 0.330 e. The second kappa shape index (κ2) is 6.30. The third kappa shape index (κ3) is 2.93. The van der Waals surface area contributed by atoms with Gasteiger partial charge < -0.3 is 4.90 Å². The number of hydrogen-bond donors (Lipinski definition) is 1. The summed E-state index contributed by atoms with van der Waals surface area (Å²) >= 11 is 0. The number of imide groups is 1. The molecule has 1 aromatic rings. The standard InChI is InChI=1S/C15H14N2O5/c1-17(12-4-5-13(20)16-14(12)21)15(22)11-3-2-9(7-18)6-10(11)8-19/h2-3,6-8,12H,4-5H2,1H3,(H,16,20,21). The van der Waals surface area contributed by atoms with Crippen LogP contribution in [0, 0.1) is 0 Å². The summed E-state index contributed by atoms with van der Waals surface area (Å²) in [5.41, 5.74) is 0.462. The van der Waals surface area contributed by atoms with Crippen molar-refractivity contribution in [3.63, 3.8) is 0 Å². The Kier molecular flexibility index (Phi) is 4.45. The van der Waals surface area contributed by atoms with Gasteiger partial charge in [-0.05, 0) is 18.6 Å². The Morgan fingerprint density at radius 1 is 1.27 bits per heavy atom. The summed E-state index contributed by atoms with van der Waals surface area (Å²) < 4.78 is 0. The normalized spacial score (nSPS) is 17.6. The zero-order valence-electron chi connectivity index (χ0n) is 11.9. The van der Waals surface area contributed by atoms with Crippen LogP contribution in [0.4, 0.5) is 0 Å². The highest BCUT2D eigenvalue weighted by Gasteiger charge is 2.33. The Bertz CT molecular complexity index is 668. The van der Waals surface area contributed by atoms with E-state index in [4.69, 9.17) is 0 Å². The highest BCUT2D eigenvalue weighted by molar-refractivity contribution is 6.06. The number of nitrogens with zero attached hydrogens (tertiary/aromatic N) is 1. The van der Waals surface area contributed by atoms with E-state index in [1.165, 1.54) is 30.1 Å². The summed E-state index contributed by atoms with van der Waals surface area (Å²) in [5.74, 6) is -1.43. The maximum absolute atomic E-state index is 12.5. The minimum absolute atomic E-state index is 0.0775. The van der Waals surface area contributed by atoms with Crippen LogP contribution in [-0.2, 0) is 9.59 Å². The first-order valence-corrected chi connectivity index (χ1v) is 6.63. The van der Waals surface area contributed by atoms with Crippen molar-refractivity contribution in [3.05, 3.63) is 34.9 Å². The summed E-state index contributed by atoms with van der Waals surface area (Å²) in [4.78, 5) is 58.4. The molecule has 7 nitrogen and oxygen atoms in total. The van der Waals surface area contributed by atoms with Crippen molar-refractivity contribution in [1.82, 2.24) is 10.2 Å². The number of nitrogens with one attached hydrogen (secondary N) is 1. The molecule has 1 fully saturated rings. The molecule has 0 aromatic heterocycles. The molecule has 1 unspecified atom stereocenters. The number of aldehydes is 2. The number of hydrogen-bond acceptors (Lipinski definition) is 5. The Hall–Kier alpha value is -2.83. The molecule has 3 amide bonds. The van der Waals surface area contributed by atoms with Crippen LogP contribution in [0.1, 0.15) is 43.9 Å². The quantitative estimate of drug-likeness (QED) is 0.632. The fourth-order valence-electron chi connectivity index (χ4n) is 2.33. The van der Waals surface area contributed by atoms with E-state index in [1.54, 1.807) is 0 Å². The number of rotatable bonds is 4. The molecular formula is C15H14N2O5. The summed E-state index contributed by atoms with van der Waals surface area (Å²) in [7, 11) is 1.44. The zero-order chi connectivity index (χ0) is 16.3. The smallest absolute Gasteiger partial charge is 0.255 e. The number of benzene rings is 1. The summed E-state index contributed by atoms with van der Waals surface area (Å²) in [6.07, 6.45) is 1.44. The highest BCUT2D eigenvalue weighted by atomic mass is 16.2. The lowest BCUT2D eigenvalue weighted by Gasteiger charge is -2.30. The number of piperidine rings is 1. The molecule has 0 radical (unpaired) electrons. The maximum atomic E-state index is 12.5. The van der Waals surface area contributed by atoms with Crippen LogP contribution < -0.4 is 5.32 Å².